The highest BCUT2D eigenvalue weighted by molar-refractivity contribution is 9.10. The number of rotatable bonds is 3. The maximum Gasteiger partial charge on any atom is 0.137 e. The highest BCUT2D eigenvalue weighted by atomic mass is 79.9. The molecule has 1 aromatic carbocycles. The van der Waals surface area contributed by atoms with Crippen molar-refractivity contribution in [2.45, 2.75) is 38.5 Å². The summed E-state index contributed by atoms with van der Waals surface area (Å²) in [7, 11) is 0. The first kappa shape index (κ1) is 13.0. The number of halogens is 2. The van der Waals surface area contributed by atoms with Crippen LogP contribution < -0.4 is 5.73 Å². The number of benzene rings is 1. The van der Waals surface area contributed by atoms with Gasteiger partial charge in [0.05, 0.1) is 4.47 Å². The molecule has 0 amide bonds. The van der Waals surface area contributed by atoms with Gasteiger partial charge in [-0.3, -0.25) is 0 Å². The molecule has 1 saturated carbocycles. The van der Waals surface area contributed by atoms with Crippen LogP contribution in [-0.4, -0.2) is 6.54 Å². The van der Waals surface area contributed by atoms with Crippen LogP contribution in [0.1, 0.15) is 37.7 Å². The summed E-state index contributed by atoms with van der Waals surface area (Å²) in [5.41, 5.74) is 7.40. The summed E-state index contributed by atoms with van der Waals surface area (Å²) in [5.74, 6) is -0.195. The van der Waals surface area contributed by atoms with Crippen LogP contribution in [0.2, 0.25) is 0 Å². The van der Waals surface area contributed by atoms with Crippen molar-refractivity contribution in [3.05, 3.63) is 34.1 Å². The molecule has 1 aliphatic rings. The molecule has 0 aliphatic heterocycles. The normalized spacial score (nSPS) is 19.2. The third kappa shape index (κ3) is 3.08. The SMILES string of the molecule is NCC1(Cc2ccc(F)c(Br)c2)CCCCC1. The Kier molecular flexibility index (Phi) is 4.21. The highest BCUT2D eigenvalue weighted by Gasteiger charge is 2.30. The smallest absolute Gasteiger partial charge is 0.137 e. The summed E-state index contributed by atoms with van der Waals surface area (Å²) in [4.78, 5) is 0. The Morgan fingerprint density at radius 2 is 1.94 bits per heavy atom. The number of hydrogen-bond donors (Lipinski definition) is 1. The Labute approximate surface area is 111 Å². The van der Waals surface area contributed by atoms with Gasteiger partial charge in [-0.1, -0.05) is 25.3 Å². The van der Waals surface area contributed by atoms with Gasteiger partial charge in [0.25, 0.3) is 0 Å². The Morgan fingerprint density at radius 3 is 2.53 bits per heavy atom. The minimum Gasteiger partial charge on any atom is -0.330 e. The van der Waals surface area contributed by atoms with Gasteiger partial charge in [0.2, 0.25) is 0 Å². The van der Waals surface area contributed by atoms with E-state index in [4.69, 9.17) is 5.73 Å². The largest absolute Gasteiger partial charge is 0.330 e. The second kappa shape index (κ2) is 5.49. The van der Waals surface area contributed by atoms with Crippen LogP contribution in [0.15, 0.2) is 22.7 Å². The molecule has 0 saturated heterocycles. The van der Waals surface area contributed by atoms with Crippen LogP contribution in [0.4, 0.5) is 4.39 Å². The van der Waals surface area contributed by atoms with E-state index in [0.717, 1.165) is 13.0 Å². The zero-order valence-electron chi connectivity index (χ0n) is 10.0. The van der Waals surface area contributed by atoms with Crippen molar-refractivity contribution in [3.63, 3.8) is 0 Å². The first-order valence-corrected chi connectivity index (χ1v) is 7.09. The topological polar surface area (TPSA) is 26.0 Å². The molecule has 17 heavy (non-hydrogen) atoms. The monoisotopic (exact) mass is 299 g/mol. The van der Waals surface area contributed by atoms with E-state index in [0.29, 0.717) is 4.47 Å². The molecular weight excluding hydrogens is 281 g/mol. The Hall–Kier alpha value is -0.410. The van der Waals surface area contributed by atoms with E-state index in [2.05, 4.69) is 15.9 Å². The molecule has 1 aromatic rings. The van der Waals surface area contributed by atoms with Crippen molar-refractivity contribution in [2.24, 2.45) is 11.1 Å². The lowest BCUT2D eigenvalue weighted by Crippen LogP contribution is -2.34. The molecule has 0 aromatic heterocycles. The molecule has 1 fully saturated rings. The van der Waals surface area contributed by atoms with E-state index >= 15 is 0 Å². The maximum absolute atomic E-state index is 13.2. The molecule has 0 unspecified atom stereocenters. The average molecular weight is 300 g/mol. The fourth-order valence-electron chi connectivity index (χ4n) is 2.84. The van der Waals surface area contributed by atoms with Gasteiger partial charge in [0.15, 0.2) is 0 Å². The van der Waals surface area contributed by atoms with E-state index in [1.54, 1.807) is 0 Å². The van der Waals surface area contributed by atoms with Gasteiger partial charge in [-0.15, -0.1) is 0 Å². The Balaban J connectivity index is 2.14. The summed E-state index contributed by atoms with van der Waals surface area (Å²) < 4.78 is 13.7. The number of nitrogens with two attached hydrogens (primary N) is 1. The van der Waals surface area contributed by atoms with Crippen LogP contribution in [0.5, 0.6) is 0 Å². The van der Waals surface area contributed by atoms with E-state index in [1.165, 1.54) is 43.7 Å². The quantitative estimate of drug-likeness (QED) is 0.895. The molecule has 3 heteroatoms. The minimum absolute atomic E-state index is 0.195. The molecule has 94 valence electrons. The Bertz CT molecular complexity index is 386. The summed E-state index contributed by atoms with van der Waals surface area (Å²) in [6.45, 7) is 0.738. The zero-order valence-corrected chi connectivity index (χ0v) is 11.6. The average Bonchev–Trinajstić information content (AvgIpc) is 2.35. The van der Waals surface area contributed by atoms with Crippen LogP contribution in [0.3, 0.4) is 0 Å². The molecule has 0 radical (unpaired) electrons. The van der Waals surface area contributed by atoms with Gasteiger partial charge in [-0.05, 0) is 64.8 Å². The first-order valence-electron chi connectivity index (χ1n) is 6.29. The summed E-state index contributed by atoms with van der Waals surface area (Å²) in [6.07, 6.45) is 7.27. The van der Waals surface area contributed by atoms with Crippen LogP contribution in [0.25, 0.3) is 0 Å². The predicted octanol–water partition coefficient (Wildman–Crippen LogP) is 4.04. The molecular formula is C14H19BrFN. The lowest BCUT2D eigenvalue weighted by Gasteiger charge is -2.36. The molecule has 0 heterocycles. The first-order chi connectivity index (χ1) is 8.15. The van der Waals surface area contributed by atoms with Crippen molar-refractivity contribution in [1.82, 2.24) is 0 Å². The van der Waals surface area contributed by atoms with Crippen molar-refractivity contribution in [1.29, 1.82) is 0 Å². The van der Waals surface area contributed by atoms with Crippen LogP contribution in [0, 0.1) is 11.2 Å². The van der Waals surface area contributed by atoms with E-state index in [1.807, 2.05) is 12.1 Å². The lowest BCUT2D eigenvalue weighted by atomic mass is 9.70. The van der Waals surface area contributed by atoms with Gasteiger partial charge >= 0.3 is 0 Å². The summed E-state index contributed by atoms with van der Waals surface area (Å²) in [6, 6.07) is 5.31. The van der Waals surface area contributed by atoms with Crippen LogP contribution in [-0.2, 0) is 6.42 Å². The summed E-state index contributed by atoms with van der Waals surface area (Å²) >= 11 is 3.24. The molecule has 1 nitrogen and oxygen atoms in total. The van der Waals surface area contributed by atoms with Gasteiger partial charge in [-0.2, -0.15) is 0 Å². The van der Waals surface area contributed by atoms with Crippen LogP contribution >= 0.6 is 15.9 Å². The van der Waals surface area contributed by atoms with Crippen molar-refractivity contribution in [3.8, 4) is 0 Å². The minimum atomic E-state index is -0.195. The molecule has 0 spiro atoms. The Morgan fingerprint density at radius 1 is 1.24 bits per heavy atom. The lowest BCUT2D eigenvalue weighted by molar-refractivity contribution is 0.197. The summed E-state index contributed by atoms with van der Waals surface area (Å²) in [5, 5.41) is 0. The fraction of sp³-hybridized carbons (Fsp3) is 0.571. The van der Waals surface area contributed by atoms with Gasteiger partial charge in [0, 0.05) is 0 Å². The standard InChI is InChI=1S/C14H19BrFN/c15-12-8-11(4-5-13(12)16)9-14(10-17)6-2-1-3-7-14/h4-5,8H,1-3,6-7,9-10,17H2. The second-order valence-electron chi connectivity index (χ2n) is 5.19. The molecule has 2 N–H and O–H groups in total. The van der Waals surface area contributed by atoms with Crippen molar-refractivity contribution in [2.75, 3.05) is 6.54 Å². The van der Waals surface area contributed by atoms with Gasteiger partial charge in [0.1, 0.15) is 5.82 Å². The second-order valence-corrected chi connectivity index (χ2v) is 6.04. The van der Waals surface area contributed by atoms with Crippen molar-refractivity contribution >= 4 is 15.9 Å². The third-order valence-electron chi connectivity index (χ3n) is 3.91. The van der Waals surface area contributed by atoms with E-state index in [9.17, 15) is 4.39 Å². The predicted molar refractivity (Wildman–Crippen MR) is 72.4 cm³/mol. The fourth-order valence-corrected chi connectivity index (χ4v) is 3.26. The van der Waals surface area contributed by atoms with E-state index < -0.39 is 0 Å². The molecule has 1 aliphatic carbocycles. The zero-order chi connectivity index (χ0) is 12.3. The molecule has 0 atom stereocenters. The molecule has 0 bridgehead atoms. The number of hydrogen-bond acceptors (Lipinski definition) is 1. The molecule has 2 rings (SSSR count). The third-order valence-corrected chi connectivity index (χ3v) is 4.52. The maximum atomic E-state index is 13.2. The van der Waals surface area contributed by atoms with Gasteiger partial charge in [-0.25, -0.2) is 4.39 Å². The highest BCUT2D eigenvalue weighted by Crippen LogP contribution is 2.38. The van der Waals surface area contributed by atoms with Gasteiger partial charge < -0.3 is 5.73 Å². The van der Waals surface area contributed by atoms with Crippen molar-refractivity contribution < 1.29 is 4.39 Å². The van der Waals surface area contributed by atoms with E-state index in [-0.39, 0.29) is 11.2 Å².